The first-order valence-corrected chi connectivity index (χ1v) is 11.3. The molecule has 0 bridgehead atoms. The third-order valence-corrected chi connectivity index (χ3v) is 6.35. The van der Waals surface area contributed by atoms with Gasteiger partial charge in [-0.3, -0.25) is 15.1 Å². The van der Waals surface area contributed by atoms with E-state index < -0.39 is 0 Å². The molecule has 1 N–H and O–H groups in total. The number of carbonyl (C=O) groups excluding carboxylic acids is 1. The van der Waals surface area contributed by atoms with Gasteiger partial charge in [-0.1, -0.05) is 36.0 Å². The zero-order valence-corrected chi connectivity index (χ0v) is 19.1. The smallest absolute Gasteiger partial charge is 0.283 e. The number of nitrogens with one attached hydrogen (secondary N) is 1. The summed E-state index contributed by atoms with van der Waals surface area (Å²) in [5.74, 6) is 1.25. The Morgan fingerprint density at radius 2 is 1.97 bits per heavy atom. The lowest BCUT2D eigenvalue weighted by atomic mass is 10.1. The summed E-state index contributed by atoms with van der Waals surface area (Å²) in [4.78, 5) is 19.5. The molecule has 33 heavy (non-hydrogen) atoms. The molecule has 3 aromatic rings. The number of para-hydroxylation sites is 1. The van der Waals surface area contributed by atoms with Gasteiger partial charge in [0.05, 0.1) is 19.2 Å². The Kier molecular flexibility index (Phi) is 5.51. The standard InChI is InChI=1S/C25H22N4O3S/c1-16-14-29-23(26)21(24(30)27-25(29)33-16)12-17-15-28(22-9-4-3-8-20(17)22)10-11-32-19-7-5-6-18(13-19)31-2/h3-9,12-15,26H,10-11H2,1-2H3/b21-12-,26-23?. The second-order valence-electron chi connectivity index (χ2n) is 7.64. The van der Waals surface area contributed by atoms with Gasteiger partial charge in [0.15, 0.2) is 5.17 Å². The van der Waals surface area contributed by atoms with Crippen LogP contribution in [0.15, 0.2) is 76.4 Å². The minimum Gasteiger partial charge on any atom is -0.497 e. The Labute approximate surface area is 195 Å². The summed E-state index contributed by atoms with van der Waals surface area (Å²) in [6.07, 6.45) is 5.59. The second-order valence-corrected chi connectivity index (χ2v) is 8.85. The van der Waals surface area contributed by atoms with Crippen molar-refractivity contribution in [1.29, 1.82) is 5.41 Å². The molecular weight excluding hydrogens is 436 g/mol. The monoisotopic (exact) mass is 458 g/mol. The first kappa shape index (κ1) is 21.1. The number of methoxy groups -OCH3 is 1. The predicted octanol–water partition coefficient (Wildman–Crippen LogP) is 4.90. The number of carbonyl (C=O) groups is 1. The summed E-state index contributed by atoms with van der Waals surface area (Å²) >= 11 is 1.40. The molecule has 0 saturated heterocycles. The number of rotatable bonds is 6. The Morgan fingerprint density at radius 3 is 2.82 bits per heavy atom. The molecule has 0 aliphatic carbocycles. The molecule has 0 unspecified atom stereocenters. The summed E-state index contributed by atoms with van der Waals surface area (Å²) in [5, 5.41) is 10.1. The van der Waals surface area contributed by atoms with E-state index in [9.17, 15) is 4.79 Å². The average molecular weight is 459 g/mol. The number of hydrogen-bond donors (Lipinski definition) is 1. The number of hydrogen-bond acceptors (Lipinski definition) is 5. The van der Waals surface area contributed by atoms with Crippen molar-refractivity contribution in [3.05, 3.63) is 77.0 Å². The molecule has 1 amide bonds. The second kappa shape index (κ2) is 8.63. The van der Waals surface area contributed by atoms with Crippen LogP contribution in [0.4, 0.5) is 0 Å². The summed E-state index contributed by atoms with van der Waals surface area (Å²) < 4.78 is 13.3. The summed E-state index contributed by atoms with van der Waals surface area (Å²) in [6, 6.07) is 15.5. The average Bonchev–Trinajstić information content (AvgIpc) is 3.37. The van der Waals surface area contributed by atoms with Crippen molar-refractivity contribution in [2.75, 3.05) is 13.7 Å². The van der Waals surface area contributed by atoms with Crippen LogP contribution in [0, 0.1) is 5.41 Å². The third kappa shape index (κ3) is 4.05. The maximum Gasteiger partial charge on any atom is 0.283 e. The topological polar surface area (TPSA) is 79.9 Å². The molecular formula is C25H22N4O3S. The Bertz CT molecular complexity index is 1370. The first-order chi connectivity index (χ1) is 16.0. The van der Waals surface area contributed by atoms with Gasteiger partial charge < -0.3 is 14.0 Å². The van der Waals surface area contributed by atoms with Crippen molar-refractivity contribution in [2.24, 2.45) is 4.99 Å². The van der Waals surface area contributed by atoms with E-state index in [0.717, 1.165) is 32.9 Å². The highest BCUT2D eigenvalue weighted by atomic mass is 32.2. The van der Waals surface area contributed by atoms with E-state index in [4.69, 9.17) is 14.9 Å². The van der Waals surface area contributed by atoms with Gasteiger partial charge in [-0.15, -0.1) is 0 Å². The van der Waals surface area contributed by atoms with Crippen LogP contribution in [-0.4, -0.2) is 40.1 Å². The molecule has 0 fully saturated rings. The van der Waals surface area contributed by atoms with Crippen LogP contribution in [0.1, 0.15) is 12.5 Å². The first-order valence-electron chi connectivity index (χ1n) is 10.5. The summed E-state index contributed by atoms with van der Waals surface area (Å²) in [5.41, 5.74) is 2.18. The molecule has 2 aromatic carbocycles. The van der Waals surface area contributed by atoms with E-state index in [0.29, 0.717) is 18.3 Å². The SMILES string of the molecule is COc1cccc(OCCn2cc(/C=C3/C(=N)N4C=C(C)SC4=NC3=O)c3ccccc32)c1. The number of allylic oxidation sites excluding steroid dienone is 1. The Hall–Kier alpha value is -3.78. The van der Waals surface area contributed by atoms with Crippen LogP contribution in [-0.2, 0) is 11.3 Å². The van der Waals surface area contributed by atoms with Crippen molar-refractivity contribution in [3.63, 3.8) is 0 Å². The maximum atomic E-state index is 12.7. The van der Waals surface area contributed by atoms with Crippen molar-refractivity contribution in [3.8, 4) is 11.5 Å². The van der Waals surface area contributed by atoms with Crippen LogP contribution in [0.5, 0.6) is 11.5 Å². The lowest BCUT2D eigenvalue weighted by molar-refractivity contribution is -0.114. The summed E-state index contributed by atoms with van der Waals surface area (Å²) in [7, 11) is 1.63. The number of benzene rings is 2. The number of amides is 1. The quantitative estimate of drug-likeness (QED) is 0.532. The van der Waals surface area contributed by atoms with Gasteiger partial charge >= 0.3 is 0 Å². The Balaban J connectivity index is 1.42. The van der Waals surface area contributed by atoms with Gasteiger partial charge in [-0.25, -0.2) is 0 Å². The number of fused-ring (bicyclic) bond motifs is 2. The van der Waals surface area contributed by atoms with E-state index in [1.807, 2.05) is 67.9 Å². The van der Waals surface area contributed by atoms with Crippen LogP contribution in [0.3, 0.4) is 0 Å². The third-order valence-electron chi connectivity index (χ3n) is 5.45. The highest BCUT2D eigenvalue weighted by Crippen LogP contribution is 2.33. The van der Waals surface area contributed by atoms with E-state index in [-0.39, 0.29) is 17.3 Å². The minimum absolute atomic E-state index is 0.146. The van der Waals surface area contributed by atoms with Gasteiger partial charge in [0.25, 0.3) is 5.91 Å². The van der Waals surface area contributed by atoms with Gasteiger partial charge in [0.1, 0.15) is 23.9 Å². The molecule has 2 aliphatic heterocycles. The molecule has 2 aliphatic rings. The van der Waals surface area contributed by atoms with Gasteiger partial charge in [0, 0.05) is 39.8 Å². The number of nitrogens with zero attached hydrogens (tertiary/aromatic N) is 3. The molecule has 8 heteroatoms. The van der Waals surface area contributed by atoms with E-state index in [1.54, 1.807) is 18.1 Å². The van der Waals surface area contributed by atoms with Crippen molar-refractivity contribution in [1.82, 2.24) is 9.47 Å². The molecule has 0 spiro atoms. The predicted molar refractivity (Wildman–Crippen MR) is 132 cm³/mol. The van der Waals surface area contributed by atoms with Crippen molar-refractivity contribution in [2.45, 2.75) is 13.5 Å². The van der Waals surface area contributed by atoms with Crippen molar-refractivity contribution < 1.29 is 14.3 Å². The minimum atomic E-state index is -0.389. The molecule has 5 rings (SSSR count). The van der Waals surface area contributed by atoms with Crippen LogP contribution in [0.2, 0.25) is 0 Å². The zero-order chi connectivity index (χ0) is 22.9. The fourth-order valence-corrected chi connectivity index (χ4v) is 4.70. The number of aliphatic imine (C=N–C) groups is 1. The highest BCUT2D eigenvalue weighted by molar-refractivity contribution is 8.17. The van der Waals surface area contributed by atoms with Crippen LogP contribution < -0.4 is 9.47 Å². The maximum absolute atomic E-state index is 12.7. The van der Waals surface area contributed by atoms with Crippen LogP contribution in [0.25, 0.3) is 17.0 Å². The molecule has 0 atom stereocenters. The number of amidine groups is 2. The molecule has 7 nitrogen and oxygen atoms in total. The lowest BCUT2D eigenvalue weighted by Crippen LogP contribution is -2.35. The summed E-state index contributed by atoms with van der Waals surface area (Å²) in [6.45, 7) is 3.03. The molecule has 166 valence electrons. The molecule has 3 heterocycles. The van der Waals surface area contributed by atoms with E-state index >= 15 is 0 Å². The Morgan fingerprint density at radius 1 is 1.15 bits per heavy atom. The number of aromatic nitrogens is 1. The number of ether oxygens (including phenoxy) is 2. The number of thioether (sulfide) groups is 1. The van der Waals surface area contributed by atoms with Crippen molar-refractivity contribution >= 4 is 45.7 Å². The fraction of sp³-hybridized carbons (Fsp3) is 0.160. The fourth-order valence-electron chi connectivity index (χ4n) is 3.89. The zero-order valence-electron chi connectivity index (χ0n) is 18.2. The van der Waals surface area contributed by atoms with Crippen LogP contribution >= 0.6 is 11.8 Å². The van der Waals surface area contributed by atoms with Gasteiger partial charge in [-0.05, 0) is 31.2 Å². The largest absolute Gasteiger partial charge is 0.497 e. The molecule has 0 radical (unpaired) electrons. The highest BCUT2D eigenvalue weighted by Gasteiger charge is 2.33. The van der Waals surface area contributed by atoms with E-state index in [2.05, 4.69) is 9.56 Å². The normalized spacial score (nSPS) is 16.8. The molecule has 0 saturated carbocycles. The van der Waals surface area contributed by atoms with Gasteiger partial charge in [-0.2, -0.15) is 4.99 Å². The molecule has 1 aromatic heterocycles. The lowest BCUT2D eigenvalue weighted by Gasteiger charge is -2.22. The van der Waals surface area contributed by atoms with Gasteiger partial charge in [0.2, 0.25) is 0 Å². The van der Waals surface area contributed by atoms with E-state index in [1.165, 1.54) is 11.8 Å².